The molecule has 1 fully saturated rings. The first-order chi connectivity index (χ1) is 7.78. The molecule has 2 rings (SSSR count). The Morgan fingerprint density at radius 3 is 2.56 bits per heavy atom. The van der Waals surface area contributed by atoms with Crippen LogP contribution in [0.15, 0.2) is 24.3 Å². The molecule has 0 aromatic heterocycles. The van der Waals surface area contributed by atoms with Crippen molar-refractivity contribution in [3.63, 3.8) is 0 Å². The number of nitrogens with one attached hydrogen (secondary N) is 1. The van der Waals surface area contributed by atoms with Crippen LogP contribution in [0.5, 0.6) is 0 Å². The van der Waals surface area contributed by atoms with Gasteiger partial charge in [0.15, 0.2) is 0 Å². The molecule has 0 amide bonds. The van der Waals surface area contributed by atoms with Gasteiger partial charge in [-0.15, -0.1) is 0 Å². The van der Waals surface area contributed by atoms with E-state index in [0.717, 1.165) is 17.4 Å². The highest BCUT2D eigenvalue weighted by molar-refractivity contribution is 6.30. The summed E-state index contributed by atoms with van der Waals surface area (Å²) in [5.41, 5.74) is 4.21. The Bertz CT molecular complexity index is 319. The summed E-state index contributed by atoms with van der Waals surface area (Å²) < 4.78 is 0. The zero-order chi connectivity index (χ0) is 11.4. The van der Waals surface area contributed by atoms with Gasteiger partial charge < -0.3 is 0 Å². The number of hydrogen-bond acceptors (Lipinski definition) is 2. The maximum atomic E-state index is 5.85. The van der Waals surface area contributed by atoms with E-state index in [9.17, 15) is 0 Å². The summed E-state index contributed by atoms with van der Waals surface area (Å²) in [5, 5.41) is 0.791. The molecule has 0 spiro atoms. The maximum absolute atomic E-state index is 5.85. The number of halogens is 1. The fourth-order valence-electron chi connectivity index (χ4n) is 1.99. The molecule has 1 saturated carbocycles. The van der Waals surface area contributed by atoms with Crippen LogP contribution >= 0.6 is 11.6 Å². The molecule has 0 aliphatic heterocycles. The Morgan fingerprint density at radius 2 is 2.00 bits per heavy atom. The van der Waals surface area contributed by atoms with E-state index in [0.29, 0.717) is 6.04 Å². The molecule has 1 aliphatic carbocycles. The molecule has 0 radical (unpaired) electrons. The van der Waals surface area contributed by atoms with E-state index in [1.54, 1.807) is 0 Å². The van der Waals surface area contributed by atoms with Gasteiger partial charge in [0.1, 0.15) is 0 Å². The molecule has 0 bridgehead atoms. The molecule has 3 N–H and O–H groups in total. The fraction of sp³-hybridized carbons (Fsp3) is 0.538. The maximum Gasteiger partial charge on any atom is 0.0406 e. The van der Waals surface area contributed by atoms with Crippen molar-refractivity contribution >= 4 is 11.6 Å². The van der Waals surface area contributed by atoms with Crippen molar-refractivity contribution in [3.05, 3.63) is 34.9 Å². The van der Waals surface area contributed by atoms with Gasteiger partial charge in [-0.1, -0.05) is 36.6 Å². The van der Waals surface area contributed by atoms with Gasteiger partial charge in [0.25, 0.3) is 0 Å². The highest BCUT2D eigenvalue weighted by Crippen LogP contribution is 2.34. The third kappa shape index (κ3) is 3.78. The van der Waals surface area contributed by atoms with E-state index in [1.807, 2.05) is 12.1 Å². The first kappa shape index (κ1) is 11.9. The predicted octanol–water partition coefficient (Wildman–Crippen LogP) is 2.90. The van der Waals surface area contributed by atoms with Gasteiger partial charge in [0.05, 0.1) is 0 Å². The van der Waals surface area contributed by atoms with E-state index in [-0.39, 0.29) is 0 Å². The fourth-order valence-corrected chi connectivity index (χ4v) is 2.12. The van der Waals surface area contributed by atoms with E-state index in [2.05, 4.69) is 17.6 Å². The Hall–Kier alpha value is -0.570. The van der Waals surface area contributed by atoms with Crippen LogP contribution in [0.1, 0.15) is 31.2 Å². The van der Waals surface area contributed by atoms with E-state index in [1.165, 1.54) is 31.2 Å². The molecular formula is C13H19ClN2. The molecule has 2 nitrogen and oxygen atoms in total. The summed E-state index contributed by atoms with van der Waals surface area (Å²) in [7, 11) is 0. The lowest BCUT2D eigenvalue weighted by atomic mass is 10.0. The SMILES string of the molecule is NNC(CCC1CC1)Cc1ccc(Cl)cc1. The van der Waals surface area contributed by atoms with Crippen LogP contribution in [-0.2, 0) is 6.42 Å². The van der Waals surface area contributed by atoms with Crippen LogP contribution in [0.2, 0.25) is 5.02 Å². The van der Waals surface area contributed by atoms with E-state index >= 15 is 0 Å². The van der Waals surface area contributed by atoms with Crippen LogP contribution in [0.3, 0.4) is 0 Å². The largest absolute Gasteiger partial charge is 0.271 e. The summed E-state index contributed by atoms with van der Waals surface area (Å²) >= 11 is 5.85. The monoisotopic (exact) mass is 238 g/mol. The average Bonchev–Trinajstić information content (AvgIpc) is 3.11. The van der Waals surface area contributed by atoms with E-state index in [4.69, 9.17) is 17.4 Å². The zero-order valence-electron chi connectivity index (χ0n) is 9.45. The van der Waals surface area contributed by atoms with Gasteiger partial charge >= 0.3 is 0 Å². The molecule has 0 saturated heterocycles. The molecular weight excluding hydrogens is 220 g/mol. The Balaban J connectivity index is 1.82. The summed E-state index contributed by atoms with van der Waals surface area (Å²) in [4.78, 5) is 0. The molecule has 88 valence electrons. The minimum absolute atomic E-state index is 0.391. The standard InChI is InChI=1S/C13H19ClN2/c14-12-6-3-11(4-7-12)9-13(16-15)8-5-10-1-2-10/h3-4,6-7,10,13,16H,1-2,5,8-9,15H2. The second-order valence-corrected chi connectivity index (χ2v) is 5.15. The molecule has 0 heterocycles. The Kier molecular flexibility index (Phi) is 4.22. The van der Waals surface area contributed by atoms with Crippen molar-refractivity contribution in [3.8, 4) is 0 Å². The number of nitrogens with two attached hydrogens (primary N) is 1. The summed E-state index contributed by atoms with van der Waals surface area (Å²) in [6.45, 7) is 0. The third-order valence-corrected chi connectivity index (χ3v) is 3.50. The van der Waals surface area contributed by atoms with Crippen molar-refractivity contribution in [1.82, 2.24) is 5.43 Å². The predicted molar refractivity (Wildman–Crippen MR) is 68.2 cm³/mol. The lowest BCUT2D eigenvalue weighted by molar-refractivity contribution is 0.462. The van der Waals surface area contributed by atoms with Crippen LogP contribution in [-0.4, -0.2) is 6.04 Å². The van der Waals surface area contributed by atoms with Crippen molar-refractivity contribution in [2.24, 2.45) is 11.8 Å². The molecule has 1 aromatic rings. The number of hydrogen-bond donors (Lipinski definition) is 2. The van der Waals surface area contributed by atoms with Gasteiger partial charge in [-0.3, -0.25) is 11.3 Å². The normalized spacial score (nSPS) is 17.4. The van der Waals surface area contributed by atoms with Crippen molar-refractivity contribution in [2.45, 2.75) is 38.1 Å². The van der Waals surface area contributed by atoms with Crippen LogP contribution in [0.25, 0.3) is 0 Å². The van der Waals surface area contributed by atoms with Crippen molar-refractivity contribution < 1.29 is 0 Å². The lowest BCUT2D eigenvalue weighted by Gasteiger charge is -2.15. The number of hydrazine groups is 1. The van der Waals surface area contributed by atoms with Gasteiger partial charge in [0.2, 0.25) is 0 Å². The minimum atomic E-state index is 0.391. The first-order valence-corrected chi connectivity index (χ1v) is 6.36. The molecule has 16 heavy (non-hydrogen) atoms. The summed E-state index contributed by atoms with van der Waals surface area (Å²) in [5.74, 6) is 6.55. The van der Waals surface area contributed by atoms with Crippen molar-refractivity contribution in [2.75, 3.05) is 0 Å². The molecule has 3 heteroatoms. The number of rotatable bonds is 6. The lowest BCUT2D eigenvalue weighted by Crippen LogP contribution is -2.36. The summed E-state index contributed by atoms with van der Waals surface area (Å²) in [6, 6.07) is 8.41. The third-order valence-electron chi connectivity index (χ3n) is 3.25. The number of benzene rings is 1. The smallest absolute Gasteiger partial charge is 0.0406 e. The first-order valence-electron chi connectivity index (χ1n) is 5.98. The molecule has 1 atom stereocenters. The van der Waals surface area contributed by atoms with Gasteiger partial charge in [0, 0.05) is 11.1 Å². The van der Waals surface area contributed by atoms with Crippen LogP contribution in [0, 0.1) is 5.92 Å². The Labute approximate surface area is 102 Å². The van der Waals surface area contributed by atoms with E-state index < -0.39 is 0 Å². The van der Waals surface area contributed by atoms with Gasteiger partial charge in [-0.05, 0) is 42.9 Å². The molecule has 1 unspecified atom stereocenters. The van der Waals surface area contributed by atoms with Crippen molar-refractivity contribution in [1.29, 1.82) is 0 Å². The highest BCUT2D eigenvalue weighted by Gasteiger charge is 2.22. The minimum Gasteiger partial charge on any atom is -0.271 e. The average molecular weight is 239 g/mol. The zero-order valence-corrected chi connectivity index (χ0v) is 10.2. The Morgan fingerprint density at radius 1 is 1.31 bits per heavy atom. The van der Waals surface area contributed by atoms with Gasteiger partial charge in [-0.2, -0.15) is 0 Å². The quantitative estimate of drug-likeness (QED) is 0.591. The summed E-state index contributed by atoms with van der Waals surface area (Å²) in [6.07, 6.45) is 6.29. The second kappa shape index (κ2) is 5.67. The van der Waals surface area contributed by atoms with Crippen LogP contribution in [0.4, 0.5) is 0 Å². The van der Waals surface area contributed by atoms with Crippen LogP contribution < -0.4 is 11.3 Å². The molecule has 1 aliphatic rings. The topological polar surface area (TPSA) is 38.0 Å². The highest BCUT2D eigenvalue weighted by atomic mass is 35.5. The second-order valence-electron chi connectivity index (χ2n) is 4.71. The molecule has 1 aromatic carbocycles. The van der Waals surface area contributed by atoms with Gasteiger partial charge in [-0.25, -0.2) is 0 Å².